The number of rotatable bonds is 9. The van der Waals surface area contributed by atoms with Gasteiger partial charge in [-0.05, 0) is 64.8 Å². The fourth-order valence-corrected chi connectivity index (χ4v) is 4.22. The van der Waals surface area contributed by atoms with Crippen molar-refractivity contribution in [3.63, 3.8) is 0 Å². The zero-order valence-corrected chi connectivity index (χ0v) is 21.6. The van der Waals surface area contributed by atoms with Gasteiger partial charge >= 0.3 is 13.1 Å². The van der Waals surface area contributed by atoms with Crippen LogP contribution >= 0.6 is 0 Å². The lowest BCUT2D eigenvalue weighted by Gasteiger charge is -2.32. The number of fused-ring (bicyclic) bond motifs is 1. The van der Waals surface area contributed by atoms with Gasteiger partial charge in [-0.1, -0.05) is 31.2 Å². The molecule has 0 aliphatic carbocycles. The maximum Gasteiger partial charge on any atom is 0.498 e. The molecule has 6 nitrogen and oxygen atoms in total. The van der Waals surface area contributed by atoms with Gasteiger partial charge in [0.25, 0.3) is 0 Å². The number of carbonyl (C=O) groups is 1. The molecule has 1 aliphatic rings. The van der Waals surface area contributed by atoms with Crippen LogP contribution in [0.25, 0.3) is 11.0 Å². The number of ether oxygens (including phenoxy) is 2. The average molecular weight is 478 g/mol. The lowest BCUT2D eigenvalue weighted by Crippen LogP contribution is -2.41. The molecule has 1 aromatic heterocycles. The first-order chi connectivity index (χ1) is 16.6. The van der Waals surface area contributed by atoms with Gasteiger partial charge in [-0.2, -0.15) is 0 Å². The molecule has 2 aromatic carbocycles. The summed E-state index contributed by atoms with van der Waals surface area (Å²) in [5.74, 6) is 1.34. The highest BCUT2D eigenvalue weighted by molar-refractivity contribution is 6.64. The Bertz CT molecular complexity index is 1180. The molecule has 2 heterocycles. The lowest BCUT2D eigenvalue weighted by molar-refractivity contribution is -0.142. The molecule has 0 spiro atoms. The molecule has 0 atom stereocenters. The molecule has 0 bridgehead atoms. The minimum Gasteiger partial charge on any atom is -0.489 e. The number of aryl methyl sites for hydroxylation is 1. The largest absolute Gasteiger partial charge is 0.498 e. The van der Waals surface area contributed by atoms with Crippen LogP contribution in [0.5, 0.6) is 5.75 Å². The van der Waals surface area contributed by atoms with Crippen molar-refractivity contribution in [2.24, 2.45) is 0 Å². The number of hydrogen-bond donors (Lipinski definition) is 0. The van der Waals surface area contributed by atoms with Gasteiger partial charge in [-0.15, -0.1) is 0 Å². The predicted molar refractivity (Wildman–Crippen MR) is 137 cm³/mol. The van der Waals surface area contributed by atoms with E-state index in [9.17, 15) is 4.79 Å². The van der Waals surface area contributed by atoms with E-state index in [0.29, 0.717) is 19.0 Å². The Labute approximate surface area is 208 Å². The Morgan fingerprint density at radius 3 is 2.40 bits per heavy atom. The molecule has 0 amide bonds. The maximum absolute atomic E-state index is 12.0. The Morgan fingerprint density at radius 1 is 1.00 bits per heavy atom. The maximum atomic E-state index is 12.0. The molecule has 4 rings (SSSR count). The van der Waals surface area contributed by atoms with Crippen LogP contribution in [0.4, 0.5) is 0 Å². The third-order valence-corrected chi connectivity index (χ3v) is 6.77. The third-order valence-electron chi connectivity index (χ3n) is 6.77. The zero-order valence-electron chi connectivity index (χ0n) is 21.6. The normalized spacial score (nSPS) is 16.6. The quantitative estimate of drug-likeness (QED) is 0.304. The molecule has 7 heteroatoms. The van der Waals surface area contributed by atoms with Gasteiger partial charge in [-0.25, -0.2) is 0 Å². The number of carbonyl (C=O) groups excluding carboxylic acids is 1. The first-order valence-corrected chi connectivity index (χ1v) is 12.4. The topological polar surface area (TPSA) is 67.1 Å². The third kappa shape index (κ3) is 5.41. The molecule has 0 saturated carbocycles. The van der Waals surface area contributed by atoms with Gasteiger partial charge in [0.05, 0.1) is 24.2 Å². The minimum atomic E-state index is -0.542. The van der Waals surface area contributed by atoms with Crippen LogP contribution in [0.3, 0.4) is 0 Å². The van der Waals surface area contributed by atoms with Gasteiger partial charge in [0, 0.05) is 22.8 Å². The summed E-state index contributed by atoms with van der Waals surface area (Å²) in [5.41, 5.74) is 2.51. The minimum absolute atomic E-state index is 0.171. The summed E-state index contributed by atoms with van der Waals surface area (Å²) in [7, 11) is -0.542. The molecule has 1 aliphatic heterocycles. The Morgan fingerprint density at radius 2 is 1.71 bits per heavy atom. The molecule has 1 saturated heterocycles. The molecule has 0 radical (unpaired) electrons. The number of esters is 1. The van der Waals surface area contributed by atoms with Gasteiger partial charge < -0.3 is 23.2 Å². The van der Waals surface area contributed by atoms with Crippen LogP contribution in [0.1, 0.15) is 64.9 Å². The molecule has 0 N–H and O–H groups in total. The zero-order chi connectivity index (χ0) is 25.2. The van der Waals surface area contributed by atoms with Crippen molar-refractivity contribution in [3.05, 3.63) is 59.4 Å². The van der Waals surface area contributed by atoms with E-state index in [-0.39, 0.29) is 12.4 Å². The number of benzene rings is 2. The smallest absolute Gasteiger partial charge is 0.489 e. The highest BCUT2D eigenvalue weighted by Crippen LogP contribution is 2.37. The summed E-state index contributed by atoms with van der Waals surface area (Å²) in [6.45, 7) is 12.8. The van der Waals surface area contributed by atoms with E-state index < -0.39 is 18.3 Å². The lowest BCUT2D eigenvalue weighted by atomic mass is 9.77. The Balaban J connectivity index is 1.64. The van der Waals surface area contributed by atoms with Crippen molar-refractivity contribution >= 4 is 29.5 Å². The molecular weight excluding hydrogens is 443 g/mol. The van der Waals surface area contributed by atoms with E-state index in [4.69, 9.17) is 23.2 Å². The van der Waals surface area contributed by atoms with Crippen molar-refractivity contribution < 1.29 is 28.0 Å². The molecule has 35 heavy (non-hydrogen) atoms. The van der Waals surface area contributed by atoms with E-state index in [2.05, 4.69) is 19.1 Å². The first kappa shape index (κ1) is 25.3. The second-order valence-electron chi connectivity index (χ2n) is 10.0. The monoisotopic (exact) mass is 478 g/mol. The standard InChI is InChI=1S/C28H35BO6/c1-7-11-22-16-21-14-19(18-32-24-13-10-9-12-20(24)17-25(30)31-8-2)15-23(26(21)33-22)29-34-27(3,4)28(5,6)35-29/h9-10,12-16H,7-8,11,17-18H2,1-6H3. The molecule has 186 valence electrons. The average Bonchev–Trinajstić information content (AvgIpc) is 3.29. The molecule has 1 fully saturated rings. The van der Waals surface area contributed by atoms with Crippen LogP contribution < -0.4 is 10.2 Å². The fraction of sp³-hybridized carbons (Fsp3) is 0.464. The van der Waals surface area contributed by atoms with Gasteiger partial charge in [0.15, 0.2) is 0 Å². The van der Waals surface area contributed by atoms with Crippen LogP contribution in [-0.2, 0) is 38.3 Å². The van der Waals surface area contributed by atoms with E-state index in [1.165, 1.54) is 0 Å². The number of hydrogen-bond acceptors (Lipinski definition) is 6. The van der Waals surface area contributed by atoms with Gasteiger partial charge in [0.2, 0.25) is 0 Å². The molecule has 0 unspecified atom stereocenters. The van der Waals surface area contributed by atoms with Crippen molar-refractivity contribution in [1.29, 1.82) is 0 Å². The highest BCUT2D eigenvalue weighted by Gasteiger charge is 2.52. The summed E-state index contributed by atoms with van der Waals surface area (Å²) in [5, 5.41) is 0.999. The summed E-state index contributed by atoms with van der Waals surface area (Å²) >= 11 is 0. The predicted octanol–water partition coefficient (Wildman–Crippen LogP) is 5.37. The number of para-hydroxylation sites is 1. The van der Waals surface area contributed by atoms with Crippen molar-refractivity contribution in [2.75, 3.05) is 6.61 Å². The van der Waals surface area contributed by atoms with Gasteiger partial charge in [-0.3, -0.25) is 4.79 Å². The van der Waals surface area contributed by atoms with Crippen LogP contribution in [-0.4, -0.2) is 30.9 Å². The van der Waals surface area contributed by atoms with Crippen LogP contribution in [0.15, 0.2) is 46.9 Å². The summed E-state index contributed by atoms with van der Waals surface area (Å²) in [4.78, 5) is 12.0. The Hall–Kier alpha value is -2.77. The van der Waals surface area contributed by atoms with Crippen molar-refractivity contribution in [2.45, 2.75) is 78.6 Å². The van der Waals surface area contributed by atoms with E-state index in [0.717, 1.165) is 46.2 Å². The van der Waals surface area contributed by atoms with Crippen molar-refractivity contribution in [3.8, 4) is 5.75 Å². The summed E-state index contributed by atoms with van der Waals surface area (Å²) < 4.78 is 30.2. The highest BCUT2D eigenvalue weighted by atomic mass is 16.7. The van der Waals surface area contributed by atoms with Crippen molar-refractivity contribution in [1.82, 2.24) is 0 Å². The van der Waals surface area contributed by atoms with Crippen LogP contribution in [0.2, 0.25) is 0 Å². The summed E-state index contributed by atoms with van der Waals surface area (Å²) in [6, 6.07) is 13.8. The molecule has 3 aromatic rings. The molecular formula is C28H35BO6. The first-order valence-electron chi connectivity index (χ1n) is 12.4. The fourth-order valence-electron chi connectivity index (χ4n) is 4.22. The van der Waals surface area contributed by atoms with E-state index in [1.807, 2.05) is 58.0 Å². The Kier molecular flexibility index (Phi) is 7.29. The SMILES string of the molecule is CCCc1cc2cc(COc3ccccc3CC(=O)OCC)cc(B3OC(C)(C)C(C)(C)O3)c2o1. The van der Waals surface area contributed by atoms with E-state index >= 15 is 0 Å². The summed E-state index contributed by atoms with van der Waals surface area (Å²) in [6.07, 6.45) is 2.04. The van der Waals surface area contributed by atoms with Gasteiger partial charge in [0.1, 0.15) is 23.7 Å². The van der Waals surface area contributed by atoms with E-state index in [1.54, 1.807) is 6.92 Å². The van der Waals surface area contributed by atoms with Crippen LogP contribution in [0, 0.1) is 0 Å². The second-order valence-corrected chi connectivity index (χ2v) is 10.0. The number of furan rings is 1. The second kappa shape index (κ2) is 10.1.